The van der Waals surface area contributed by atoms with Crippen LogP contribution in [0.25, 0.3) is 0 Å². The predicted molar refractivity (Wildman–Crippen MR) is 115 cm³/mol. The average molecular weight is 408 g/mol. The summed E-state index contributed by atoms with van der Waals surface area (Å²) in [5, 5.41) is 8.12. The first kappa shape index (κ1) is 20.2. The Bertz CT molecular complexity index is 814. The molecule has 1 atom stereocenters. The molecule has 1 saturated heterocycles. The van der Waals surface area contributed by atoms with Crippen molar-refractivity contribution in [3.63, 3.8) is 0 Å². The molecule has 1 aromatic carbocycles. The molecule has 1 aliphatic heterocycles. The molecule has 0 spiro atoms. The average Bonchev–Trinajstić information content (AvgIpc) is 3.15. The van der Waals surface area contributed by atoms with Crippen molar-refractivity contribution in [1.82, 2.24) is 5.32 Å². The Labute approximate surface area is 166 Å². The van der Waals surface area contributed by atoms with Crippen molar-refractivity contribution in [3.8, 4) is 0 Å². The highest BCUT2D eigenvalue weighted by Crippen LogP contribution is 2.24. The van der Waals surface area contributed by atoms with Crippen molar-refractivity contribution in [2.45, 2.75) is 45.2 Å². The molecule has 5 nitrogen and oxygen atoms in total. The van der Waals surface area contributed by atoms with Gasteiger partial charge in [0.2, 0.25) is 10.0 Å². The summed E-state index contributed by atoms with van der Waals surface area (Å²) in [4.78, 5) is 2.34. The van der Waals surface area contributed by atoms with E-state index >= 15 is 0 Å². The molecule has 0 saturated carbocycles. The maximum Gasteiger partial charge on any atom is 0.232 e. The number of rotatable bonds is 8. The third-order valence-corrected chi connectivity index (χ3v) is 7.04. The van der Waals surface area contributed by atoms with E-state index in [0.717, 1.165) is 38.0 Å². The Morgan fingerprint density at radius 2 is 2.04 bits per heavy atom. The highest BCUT2D eigenvalue weighted by molar-refractivity contribution is 7.92. The van der Waals surface area contributed by atoms with Crippen LogP contribution < -0.4 is 14.9 Å². The zero-order chi connectivity index (χ0) is 19.3. The highest BCUT2D eigenvalue weighted by atomic mass is 32.2. The van der Waals surface area contributed by atoms with Crippen molar-refractivity contribution in [1.29, 1.82) is 0 Å². The molecule has 2 heterocycles. The summed E-state index contributed by atoms with van der Waals surface area (Å²) in [7, 11) is -3.24. The van der Waals surface area contributed by atoms with Crippen LogP contribution in [0.2, 0.25) is 0 Å². The number of benzene rings is 1. The second kappa shape index (κ2) is 9.08. The van der Waals surface area contributed by atoms with Gasteiger partial charge in [0.1, 0.15) is 0 Å². The third-order valence-electron chi connectivity index (χ3n) is 5.00. The fraction of sp³-hybridized carbons (Fsp3) is 0.500. The number of anilines is 2. The minimum Gasteiger partial charge on any atom is -0.371 e. The number of hydrogen-bond donors (Lipinski definition) is 2. The quantitative estimate of drug-likeness (QED) is 0.700. The van der Waals surface area contributed by atoms with Gasteiger partial charge in [-0.2, -0.15) is 11.3 Å². The molecule has 0 bridgehead atoms. The zero-order valence-electron chi connectivity index (χ0n) is 16.0. The van der Waals surface area contributed by atoms with E-state index in [1.165, 1.54) is 5.56 Å². The molecule has 2 aromatic rings. The molecular formula is C20H29N3O2S2. The van der Waals surface area contributed by atoms with Crippen LogP contribution in [0, 0.1) is 0 Å². The van der Waals surface area contributed by atoms with Crippen LogP contribution >= 0.6 is 11.3 Å². The van der Waals surface area contributed by atoms with Gasteiger partial charge in [0.25, 0.3) is 0 Å². The van der Waals surface area contributed by atoms with Gasteiger partial charge in [0, 0.05) is 30.9 Å². The first-order valence-corrected chi connectivity index (χ1v) is 12.2. The predicted octanol–water partition coefficient (Wildman–Crippen LogP) is 3.70. The van der Waals surface area contributed by atoms with E-state index in [-0.39, 0.29) is 5.75 Å². The standard InChI is InChI=1S/C20H29N3O2S2/c1-3-27(24,25)22-19-5-4-6-20(14-19)23-10-7-18(8-11-23)21-16(2)13-17-9-12-26-15-17/h4-6,9,12,14-16,18,21-22H,3,7-8,10-11,13H2,1-2H3. The van der Waals surface area contributed by atoms with Gasteiger partial charge in [-0.25, -0.2) is 8.42 Å². The normalized spacial score (nSPS) is 17.0. The SMILES string of the molecule is CCS(=O)(=O)Nc1cccc(N2CCC(NC(C)Cc3ccsc3)CC2)c1. The lowest BCUT2D eigenvalue weighted by atomic mass is 10.0. The van der Waals surface area contributed by atoms with Crippen molar-refractivity contribution in [2.75, 3.05) is 28.5 Å². The van der Waals surface area contributed by atoms with Crippen LogP contribution in [0.15, 0.2) is 41.1 Å². The molecule has 7 heteroatoms. The number of nitrogens with zero attached hydrogens (tertiary/aromatic N) is 1. The molecule has 1 aliphatic rings. The first-order chi connectivity index (χ1) is 12.9. The van der Waals surface area contributed by atoms with E-state index in [1.54, 1.807) is 24.3 Å². The van der Waals surface area contributed by atoms with Crippen LogP contribution in [-0.4, -0.2) is 39.3 Å². The van der Waals surface area contributed by atoms with Gasteiger partial charge in [-0.05, 0) is 73.7 Å². The Balaban J connectivity index is 1.51. The number of sulfonamides is 1. The van der Waals surface area contributed by atoms with Crippen molar-refractivity contribution < 1.29 is 8.42 Å². The number of nitrogens with one attached hydrogen (secondary N) is 2. The van der Waals surface area contributed by atoms with Gasteiger partial charge in [0.05, 0.1) is 11.4 Å². The van der Waals surface area contributed by atoms with Gasteiger partial charge < -0.3 is 10.2 Å². The van der Waals surface area contributed by atoms with Crippen LogP contribution in [0.4, 0.5) is 11.4 Å². The Morgan fingerprint density at radius 1 is 1.26 bits per heavy atom. The first-order valence-electron chi connectivity index (χ1n) is 9.58. The second-order valence-corrected chi connectivity index (χ2v) is 10.0. The van der Waals surface area contributed by atoms with E-state index < -0.39 is 10.0 Å². The molecular weight excluding hydrogens is 378 g/mol. The van der Waals surface area contributed by atoms with Crippen LogP contribution in [0.3, 0.4) is 0 Å². The third kappa shape index (κ3) is 5.96. The summed E-state index contributed by atoms with van der Waals surface area (Å²) in [6, 6.07) is 10.9. The van der Waals surface area contributed by atoms with Crippen molar-refractivity contribution in [3.05, 3.63) is 46.7 Å². The van der Waals surface area contributed by atoms with Gasteiger partial charge in [0.15, 0.2) is 0 Å². The van der Waals surface area contributed by atoms with Crippen molar-refractivity contribution in [2.24, 2.45) is 0 Å². The van der Waals surface area contributed by atoms with E-state index in [1.807, 2.05) is 12.1 Å². The van der Waals surface area contributed by atoms with E-state index in [4.69, 9.17) is 0 Å². The van der Waals surface area contributed by atoms with E-state index in [0.29, 0.717) is 17.8 Å². The van der Waals surface area contributed by atoms with Gasteiger partial charge >= 0.3 is 0 Å². The monoisotopic (exact) mass is 407 g/mol. The molecule has 2 N–H and O–H groups in total. The maximum absolute atomic E-state index is 11.8. The molecule has 1 aromatic heterocycles. The molecule has 1 fully saturated rings. The molecule has 27 heavy (non-hydrogen) atoms. The lowest BCUT2D eigenvalue weighted by molar-refractivity contribution is 0.375. The Hall–Kier alpha value is -1.57. The summed E-state index contributed by atoms with van der Waals surface area (Å²) in [5.41, 5.74) is 3.12. The summed E-state index contributed by atoms with van der Waals surface area (Å²) < 4.78 is 26.2. The van der Waals surface area contributed by atoms with Gasteiger partial charge in [-0.3, -0.25) is 4.72 Å². The zero-order valence-corrected chi connectivity index (χ0v) is 17.7. The van der Waals surface area contributed by atoms with Gasteiger partial charge in [-0.1, -0.05) is 6.07 Å². The smallest absolute Gasteiger partial charge is 0.232 e. The topological polar surface area (TPSA) is 61.4 Å². The van der Waals surface area contributed by atoms with Crippen LogP contribution in [0.5, 0.6) is 0 Å². The lowest BCUT2D eigenvalue weighted by Gasteiger charge is -2.35. The summed E-state index contributed by atoms with van der Waals surface area (Å²) in [6.07, 6.45) is 3.26. The number of piperidine rings is 1. The van der Waals surface area contributed by atoms with E-state index in [9.17, 15) is 8.42 Å². The molecule has 0 radical (unpaired) electrons. The molecule has 148 valence electrons. The lowest BCUT2D eigenvalue weighted by Crippen LogP contribution is -2.46. The van der Waals surface area contributed by atoms with Crippen molar-refractivity contribution >= 4 is 32.7 Å². The van der Waals surface area contributed by atoms with E-state index in [2.05, 4.69) is 44.8 Å². The van der Waals surface area contributed by atoms with Crippen LogP contribution in [0.1, 0.15) is 32.3 Å². The number of thiophene rings is 1. The molecule has 3 rings (SSSR count). The minimum atomic E-state index is -3.24. The fourth-order valence-corrected chi connectivity index (χ4v) is 4.86. The number of hydrogen-bond acceptors (Lipinski definition) is 5. The maximum atomic E-state index is 11.8. The Kier molecular flexibility index (Phi) is 6.78. The molecule has 0 amide bonds. The Morgan fingerprint density at radius 3 is 2.70 bits per heavy atom. The second-order valence-electron chi connectivity index (χ2n) is 7.22. The summed E-state index contributed by atoms with van der Waals surface area (Å²) in [6.45, 7) is 5.86. The fourth-order valence-electron chi connectivity index (χ4n) is 3.55. The summed E-state index contributed by atoms with van der Waals surface area (Å²) in [5.74, 6) is 0.0812. The van der Waals surface area contributed by atoms with Gasteiger partial charge in [-0.15, -0.1) is 0 Å². The molecule has 1 unspecified atom stereocenters. The highest BCUT2D eigenvalue weighted by Gasteiger charge is 2.21. The van der Waals surface area contributed by atoms with Crippen LogP contribution in [-0.2, 0) is 16.4 Å². The largest absolute Gasteiger partial charge is 0.371 e. The molecule has 0 aliphatic carbocycles. The summed E-state index contributed by atoms with van der Waals surface area (Å²) >= 11 is 1.75. The minimum absolute atomic E-state index is 0.0812.